The summed E-state index contributed by atoms with van der Waals surface area (Å²) in [7, 11) is 0. The number of nitrogens with one attached hydrogen (secondary N) is 2. The van der Waals surface area contributed by atoms with Crippen LogP contribution in [-0.2, 0) is 4.79 Å². The smallest absolute Gasteiger partial charge is 0.326 e. The summed E-state index contributed by atoms with van der Waals surface area (Å²) in [5.74, 6) is -0.457. The third-order valence-electron chi connectivity index (χ3n) is 2.93. The fraction of sp³-hybridized carbons (Fsp3) is 0.818. The van der Waals surface area contributed by atoms with E-state index in [2.05, 4.69) is 17.6 Å². The number of urea groups is 1. The predicted molar refractivity (Wildman–Crippen MR) is 60.1 cm³/mol. The molecule has 2 amide bonds. The zero-order valence-electron chi connectivity index (χ0n) is 9.99. The Hall–Kier alpha value is -1.26. The average molecular weight is 228 g/mol. The van der Waals surface area contributed by atoms with Crippen molar-refractivity contribution in [2.24, 2.45) is 11.8 Å². The summed E-state index contributed by atoms with van der Waals surface area (Å²) in [5.41, 5.74) is 0. The zero-order chi connectivity index (χ0) is 12.3. The molecule has 1 atom stereocenters. The van der Waals surface area contributed by atoms with Crippen LogP contribution in [0.2, 0.25) is 0 Å². The first kappa shape index (κ1) is 12.8. The van der Waals surface area contributed by atoms with Crippen LogP contribution in [0.5, 0.6) is 0 Å². The average Bonchev–Trinajstić information content (AvgIpc) is 2.10. The number of hydrogen-bond donors (Lipinski definition) is 3. The van der Waals surface area contributed by atoms with Crippen molar-refractivity contribution in [3.05, 3.63) is 0 Å². The molecule has 1 aliphatic rings. The maximum absolute atomic E-state index is 11.5. The second-order valence-corrected chi connectivity index (χ2v) is 4.95. The highest BCUT2D eigenvalue weighted by molar-refractivity contribution is 5.82. The van der Waals surface area contributed by atoms with E-state index >= 15 is 0 Å². The predicted octanol–water partition coefficient (Wildman–Crippen LogP) is 1.19. The molecule has 3 N–H and O–H groups in total. The highest BCUT2D eigenvalue weighted by atomic mass is 16.4. The minimum absolute atomic E-state index is 0.122. The Labute approximate surface area is 95.6 Å². The molecular weight excluding hydrogens is 208 g/mol. The number of carboxylic acids is 1. The first-order valence-corrected chi connectivity index (χ1v) is 5.70. The standard InChI is InChI=1S/C11H20N2O3/c1-6(2)9(10(14)15)13-11(16)12-8-4-7(3)5-8/h6-9H,4-5H2,1-3H3,(H,14,15)(H2,12,13,16). The molecule has 1 rings (SSSR count). The van der Waals surface area contributed by atoms with E-state index in [1.807, 2.05) is 0 Å². The zero-order valence-corrected chi connectivity index (χ0v) is 9.99. The molecular formula is C11H20N2O3. The quantitative estimate of drug-likeness (QED) is 0.676. The van der Waals surface area contributed by atoms with E-state index in [9.17, 15) is 9.59 Å². The van der Waals surface area contributed by atoms with Crippen molar-refractivity contribution >= 4 is 12.0 Å². The Kier molecular flexibility index (Phi) is 4.15. The van der Waals surface area contributed by atoms with Gasteiger partial charge in [0.2, 0.25) is 0 Å². The van der Waals surface area contributed by atoms with Gasteiger partial charge in [0.05, 0.1) is 0 Å². The van der Waals surface area contributed by atoms with E-state index < -0.39 is 12.0 Å². The fourth-order valence-corrected chi connectivity index (χ4v) is 1.90. The summed E-state index contributed by atoms with van der Waals surface area (Å²) in [5, 5.41) is 14.2. The van der Waals surface area contributed by atoms with Crippen LogP contribution in [0.3, 0.4) is 0 Å². The number of aliphatic carboxylic acids is 1. The number of amides is 2. The molecule has 5 heteroatoms. The van der Waals surface area contributed by atoms with Crippen LogP contribution in [0.15, 0.2) is 0 Å². The van der Waals surface area contributed by atoms with Gasteiger partial charge < -0.3 is 15.7 Å². The molecule has 16 heavy (non-hydrogen) atoms. The molecule has 0 spiro atoms. The van der Waals surface area contributed by atoms with E-state index in [0.717, 1.165) is 12.8 Å². The van der Waals surface area contributed by atoms with Crippen molar-refractivity contribution < 1.29 is 14.7 Å². The lowest BCUT2D eigenvalue weighted by Crippen LogP contribution is -2.53. The molecule has 5 nitrogen and oxygen atoms in total. The van der Waals surface area contributed by atoms with Gasteiger partial charge in [0, 0.05) is 6.04 Å². The van der Waals surface area contributed by atoms with Crippen LogP contribution in [0.4, 0.5) is 4.79 Å². The number of hydrogen-bond acceptors (Lipinski definition) is 2. The normalized spacial score (nSPS) is 25.8. The van der Waals surface area contributed by atoms with Gasteiger partial charge in [-0.15, -0.1) is 0 Å². The van der Waals surface area contributed by atoms with Gasteiger partial charge in [0.25, 0.3) is 0 Å². The molecule has 0 bridgehead atoms. The molecule has 0 heterocycles. The maximum atomic E-state index is 11.5. The van der Waals surface area contributed by atoms with Gasteiger partial charge in [-0.1, -0.05) is 20.8 Å². The molecule has 0 radical (unpaired) electrons. The Balaban J connectivity index is 2.34. The maximum Gasteiger partial charge on any atom is 0.326 e. The number of rotatable bonds is 4. The highest BCUT2D eigenvalue weighted by Gasteiger charge is 2.29. The summed E-state index contributed by atoms with van der Waals surface area (Å²) < 4.78 is 0. The van der Waals surface area contributed by atoms with Gasteiger partial charge in [-0.2, -0.15) is 0 Å². The van der Waals surface area contributed by atoms with Crippen LogP contribution in [0.1, 0.15) is 33.6 Å². The molecule has 0 aromatic heterocycles. The van der Waals surface area contributed by atoms with Crippen LogP contribution >= 0.6 is 0 Å². The molecule has 1 fully saturated rings. The first-order valence-electron chi connectivity index (χ1n) is 5.70. The molecule has 1 saturated carbocycles. The van der Waals surface area contributed by atoms with Gasteiger partial charge in [0.15, 0.2) is 0 Å². The third kappa shape index (κ3) is 3.40. The van der Waals surface area contributed by atoms with Crippen molar-refractivity contribution in [1.29, 1.82) is 0 Å². The molecule has 0 aromatic rings. The number of carboxylic acid groups (broad SMARTS) is 1. The lowest BCUT2D eigenvalue weighted by atomic mass is 9.82. The van der Waals surface area contributed by atoms with Crippen LogP contribution < -0.4 is 10.6 Å². The number of carbonyl (C=O) groups is 2. The van der Waals surface area contributed by atoms with Crippen LogP contribution in [0.25, 0.3) is 0 Å². The second-order valence-electron chi connectivity index (χ2n) is 4.95. The molecule has 0 saturated heterocycles. The Morgan fingerprint density at radius 1 is 1.31 bits per heavy atom. The van der Waals surface area contributed by atoms with E-state index in [1.165, 1.54) is 0 Å². The van der Waals surface area contributed by atoms with Crippen molar-refractivity contribution in [3.63, 3.8) is 0 Å². The van der Waals surface area contributed by atoms with Gasteiger partial charge in [-0.25, -0.2) is 9.59 Å². The lowest BCUT2D eigenvalue weighted by molar-refractivity contribution is -0.140. The van der Waals surface area contributed by atoms with Crippen molar-refractivity contribution in [3.8, 4) is 0 Å². The minimum atomic E-state index is -0.993. The molecule has 92 valence electrons. The van der Waals surface area contributed by atoms with Crippen molar-refractivity contribution in [2.45, 2.75) is 45.7 Å². The minimum Gasteiger partial charge on any atom is -0.480 e. The van der Waals surface area contributed by atoms with E-state index in [0.29, 0.717) is 5.92 Å². The van der Waals surface area contributed by atoms with Crippen molar-refractivity contribution in [1.82, 2.24) is 10.6 Å². The van der Waals surface area contributed by atoms with E-state index in [-0.39, 0.29) is 18.0 Å². The van der Waals surface area contributed by atoms with Gasteiger partial charge in [0.1, 0.15) is 6.04 Å². The van der Waals surface area contributed by atoms with E-state index in [1.54, 1.807) is 13.8 Å². The third-order valence-corrected chi connectivity index (χ3v) is 2.93. The van der Waals surface area contributed by atoms with Crippen molar-refractivity contribution in [2.75, 3.05) is 0 Å². The Morgan fingerprint density at radius 2 is 1.88 bits per heavy atom. The number of carbonyl (C=O) groups excluding carboxylic acids is 1. The topological polar surface area (TPSA) is 78.4 Å². The van der Waals surface area contributed by atoms with Crippen LogP contribution in [0, 0.1) is 11.8 Å². The summed E-state index contributed by atoms with van der Waals surface area (Å²) in [6.07, 6.45) is 1.96. The van der Waals surface area contributed by atoms with Gasteiger partial charge >= 0.3 is 12.0 Å². The summed E-state index contributed by atoms with van der Waals surface area (Å²) in [6.45, 7) is 5.67. The van der Waals surface area contributed by atoms with Gasteiger partial charge in [-0.3, -0.25) is 0 Å². The largest absolute Gasteiger partial charge is 0.480 e. The lowest BCUT2D eigenvalue weighted by Gasteiger charge is -2.33. The summed E-state index contributed by atoms with van der Waals surface area (Å²) in [4.78, 5) is 22.3. The molecule has 1 aliphatic carbocycles. The molecule has 1 unspecified atom stereocenters. The second kappa shape index (κ2) is 5.18. The van der Waals surface area contributed by atoms with E-state index in [4.69, 9.17) is 5.11 Å². The highest BCUT2D eigenvalue weighted by Crippen LogP contribution is 2.25. The first-order chi connectivity index (χ1) is 7.40. The SMILES string of the molecule is CC1CC(NC(=O)NC(C(=O)O)C(C)C)C1. The molecule has 0 aliphatic heterocycles. The van der Waals surface area contributed by atoms with Crippen LogP contribution in [-0.4, -0.2) is 29.2 Å². The Bertz CT molecular complexity index is 272. The van der Waals surface area contributed by atoms with Gasteiger partial charge in [-0.05, 0) is 24.7 Å². The summed E-state index contributed by atoms with van der Waals surface area (Å²) >= 11 is 0. The molecule has 0 aromatic carbocycles. The fourth-order valence-electron chi connectivity index (χ4n) is 1.90. The monoisotopic (exact) mass is 228 g/mol. The summed E-state index contributed by atoms with van der Waals surface area (Å²) in [6, 6.07) is -0.993. The Morgan fingerprint density at radius 3 is 2.25 bits per heavy atom.